The topological polar surface area (TPSA) is 41.4 Å². The maximum absolute atomic E-state index is 13.1. The van der Waals surface area contributed by atoms with Crippen LogP contribution in [-0.2, 0) is 13.1 Å². The summed E-state index contributed by atoms with van der Waals surface area (Å²) in [5, 5.41) is 4.29. The average molecular weight is 338 g/mol. The third-order valence-corrected chi connectivity index (χ3v) is 5.37. The molecule has 1 amide bonds. The molecule has 1 unspecified atom stereocenters. The molecule has 0 N–H and O–H groups in total. The molecule has 4 rings (SSSR count). The lowest BCUT2D eigenvalue weighted by Gasteiger charge is -2.25. The van der Waals surface area contributed by atoms with Gasteiger partial charge in [0, 0.05) is 31.0 Å². The molecule has 2 aliphatic heterocycles. The minimum Gasteiger partial charge on any atom is -0.334 e. The van der Waals surface area contributed by atoms with Crippen molar-refractivity contribution in [1.82, 2.24) is 19.6 Å². The maximum atomic E-state index is 13.1. The van der Waals surface area contributed by atoms with E-state index in [0.717, 1.165) is 38.0 Å². The summed E-state index contributed by atoms with van der Waals surface area (Å²) in [5.74, 6) is 0.165. The fraction of sp³-hybridized carbons (Fsp3) is 0.500. The molecule has 5 nitrogen and oxygen atoms in total. The number of rotatable bonds is 5. The number of likely N-dealkylation sites (tertiary alicyclic amines) is 2. The average Bonchev–Trinajstić information content (AvgIpc) is 3.38. The molecule has 0 spiro atoms. The van der Waals surface area contributed by atoms with Crippen molar-refractivity contribution in [3.8, 4) is 0 Å². The summed E-state index contributed by atoms with van der Waals surface area (Å²) in [6, 6.07) is 10.4. The first-order chi connectivity index (χ1) is 12.3. The molecule has 25 heavy (non-hydrogen) atoms. The molecule has 2 aromatic rings. The molecular formula is C20H26N4O. The van der Waals surface area contributed by atoms with Gasteiger partial charge in [0.2, 0.25) is 0 Å². The molecule has 0 radical (unpaired) electrons. The lowest BCUT2D eigenvalue weighted by Crippen LogP contribution is -2.38. The molecule has 0 saturated carbocycles. The first-order valence-corrected chi connectivity index (χ1v) is 9.39. The Balaban J connectivity index is 1.45. The fourth-order valence-electron chi connectivity index (χ4n) is 4.08. The minimum atomic E-state index is 0.165. The lowest BCUT2D eigenvalue weighted by molar-refractivity contribution is 0.0721. The van der Waals surface area contributed by atoms with Gasteiger partial charge in [0.05, 0.1) is 12.6 Å². The Morgan fingerprint density at radius 3 is 2.80 bits per heavy atom. The van der Waals surface area contributed by atoms with E-state index in [1.807, 2.05) is 34.0 Å². The van der Waals surface area contributed by atoms with Gasteiger partial charge in [0.15, 0.2) is 0 Å². The summed E-state index contributed by atoms with van der Waals surface area (Å²) in [4.78, 5) is 17.6. The van der Waals surface area contributed by atoms with Crippen molar-refractivity contribution >= 4 is 5.91 Å². The monoisotopic (exact) mass is 338 g/mol. The molecule has 0 aliphatic carbocycles. The maximum Gasteiger partial charge on any atom is 0.254 e. The SMILES string of the molecule is O=C(c1cccc(CN2CCCC2)c1)N1CCCC1Cn1cccn1. The van der Waals surface area contributed by atoms with Gasteiger partial charge in [0.25, 0.3) is 5.91 Å². The largest absolute Gasteiger partial charge is 0.334 e. The van der Waals surface area contributed by atoms with Gasteiger partial charge >= 0.3 is 0 Å². The molecule has 1 atom stereocenters. The zero-order valence-electron chi connectivity index (χ0n) is 14.7. The van der Waals surface area contributed by atoms with Crippen molar-refractivity contribution in [3.05, 3.63) is 53.9 Å². The van der Waals surface area contributed by atoms with Crippen molar-refractivity contribution in [2.24, 2.45) is 0 Å². The number of amides is 1. The smallest absolute Gasteiger partial charge is 0.254 e. The minimum absolute atomic E-state index is 0.165. The molecule has 1 aromatic heterocycles. The highest BCUT2D eigenvalue weighted by atomic mass is 16.2. The Bertz CT molecular complexity index is 706. The Hall–Kier alpha value is -2.14. The van der Waals surface area contributed by atoms with E-state index in [1.165, 1.54) is 31.5 Å². The number of carbonyl (C=O) groups excluding carboxylic acids is 1. The van der Waals surface area contributed by atoms with E-state index in [-0.39, 0.29) is 11.9 Å². The summed E-state index contributed by atoms with van der Waals surface area (Å²) in [6.07, 6.45) is 8.48. The van der Waals surface area contributed by atoms with Crippen molar-refractivity contribution in [1.29, 1.82) is 0 Å². The van der Waals surface area contributed by atoms with Gasteiger partial charge in [-0.15, -0.1) is 0 Å². The first kappa shape index (κ1) is 16.3. The van der Waals surface area contributed by atoms with Crippen LogP contribution in [0.3, 0.4) is 0 Å². The Labute approximate surface area is 149 Å². The zero-order chi connectivity index (χ0) is 17.1. The van der Waals surface area contributed by atoms with Gasteiger partial charge in [-0.3, -0.25) is 14.4 Å². The first-order valence-electron chi connectivity index (χ1n) is 9.39. The number of nitrogens with zero attached hydrogens (tertiary/aromatic N) is 4. The quantitative estimate of drug-likeness (QED) is 0.842. The molecule has 3 heterocycles. The summed E-state index contributed by atoms with van der Waals surface area (Å²) < 4.78 is 1.93. The van der Waals surface area contributed by atoms with Crippen LogP contribution in [0.5, 0.6) is 0 Å². The predicted molar refractivity (Wildman–Crippen MR) is 97.2 cm³/mol. The van der Waals surface area contributed by atoms with Gasteiger partial charge in [-0.05, 0) is 62.5 Å². The predicted octanol–water partition coefficient (Wildman–Crippen LogP) is 2.78. The summed E-state index contributed by atoms with van der Waals surface area (Å²) in [6.45, 7) is 4.94. The molecule has 2 fully saturated rings. The molecular weight excluding hydrogens is 312 g/mol. The van der Waals surface area contributed by atoms with Crippen LogP contribution >= 0.6 is 0 Å². The van der Waals surface area contributed by atoms with Crippen molar-refractivity contribution in [2.75, 3.05) is 19.6 Å². The molecule has 2 saturated heterocycles. The third-order valence-electron chi connectivity index (χ3n) is 5.37. The molecule has 1 aromatic carbocycles. The Morgan fingerprint density at radius 2 is 2.00 bits per heavy atom. The summed E-state index contributed by atoms with van der Waals surface area (Å²) in [5.41, 5.74) is 2.07. The van der Waals surface area contributed by atoms with E-state index >= 15 is 0 Å². The van der Waals surface area contributed by atoms with Crippen LogP contribution < -0.4 is 0 Å². The zero-order valence-corrected chi connectivity index (χ0v) is 14.7. The molecule has 2 aliphatic rings. The van der Waals surface area contributed by atoms with Crippen LogP contribution in [0.4, 0.5) is 0 Å². The third kappa shape index (κ3) is 3.76. The molecule has 132 valence electrons. The van der Waals surface area contributed by atoms with Crippen LogP contribution in [0.25, 0.3) is 0 Å². The Morgan fingerprint density at radius 1 is 1.12 bits per heavy atom. The van der Waals surface area contributed by atoms with Crippen LogP contribution in [0.1, 0.15) is 41.6 Å². The second-order valence-corrected chi connectivity index (χ2v) is 7.21. The van der Waals surface area contributed by atoms with Gasteiger partial charge < -0.3 is 4.90 Å². The van der Waals surface area contributed by atoms with E-state index in [4.69, 9.17) is 0 Å². The number of hydrogen-bond donors (Lipinski definition) is 0. The molecule has 5 heteroatoms. The van der Waals surface area contributed by atoms with Gasteiger partial charge in [-0.25, -0.2) is 0 Å². The highest BCUT2D eigenvalue weighted by Crippen LogP contribution is 2.22. The van der Waals surface area contributed by atoms with Crippen molar-refractivity contribution in [2.45, 2.75) is 44.8 Å². The van der Waals surface area contributed by atoms with Crippen LogP contribution in [0.2, 0.25) is 0 Å². The van der Waals surface area contributed by atoms with E-state index in [9.17, 15) is 4.79 Å². The van der Waals surface area contributed by atoms with Gasteiger partial charge in [-0.2, -0.15) is 5.10 Å². The highest BCUT2D eigenvalue weighted by molar-refractivity contribution is 5.94. The number of aromatic nitrogens is 2. The van der Waals surface area contributed by atoms with Gasteiger partial charge in [-0.1, -0.05) is 12.1 Å². The van der Waals surface area contributed by atoms with E-state index in [1.54, 1.807) is 6.20 Å². The van der Waals surface area contributed by atoms with E-state index in [0.29, 0.717) is 0 Å². The fourth-order valence-corrected chi connectivity index (χ4v) is 4.08. The Kier molecular flexibility index (Phi) is 4.83. The summed E-state index contributed by atoms with van der Waals surface area (Å²) >= 11 is 0. The van der Waals surface area contributed by atoms with Crippen molar-refractivity contribution in [3.63, 3.8) is 0 Å². The summed E-state index contributed by atoms with van der Waals surface area (Å²) in [7, 11) is 0. The van der Waals surface area contributed by atoms with Crippen LogP contribution in [-0.4, -0.2) is 51.2 Å². The normalized spacial score (nSPS) is 21.1. The highest BCUT2D eigenvalue weighted by Gasteiger charge is 2.29. The lowest BCUT2D eigenvalue weighted by atomic mass is 10.1. The molecule has 0 bridgehead atoms. The van der Waals surface area contributed by atoms with Crippen LogP contribution in [0, 0.1) is 0 Å². The second-order valence-electron chi connectivity index (χ2n) is 7.21. The number of benzene rings is 1. The van der Waals surface area contributed by atoms with E-state index in [2.05, 4.69) is 22.1 Å². The second kappa shape index (κ2) is 7.40. The standard InChI is InChI=1S/C20H26N4O/c25-20(24-13-4-8-19(24)16-23-12-5-9-21-23)18-7-3-6-17(14-18)15-22-10-1-2-11-22/h3,5-7,9,12,14,19H,1-2,4,8,10-11,13,15-16H2. The van der Waals surface area contributed by atoms with E-state index < -0.39 is 0 Å². The van der Waals surface area contributed by atoms with Crippen molar-refractivity contribution < 1.29 is 4.79 Å². The van der Waals surface area contributed by atoms with Gasteiger partial charge in [0.1, 0.15) is 0 Å². The van der Waals surface area contributed by atoms with Crippen LogP contribution in [0.15, 0.2) is 42.7 Å². The number of carbonyl (C=O) groups is 1. The number of hydrogen-bond acceptors (Lipinski definition) is 3.